The topological polar surface area (TPSA) is 139 Å². The quantitative estimate of drug-likeness (QED) is 0.340. The number of rotatable bonds is 7. The summed E-state index contributed by atoms with van der Waals surface area (Å²) in [5.41, 5.74) is 3.33. The number of sulfone groups is 1. The number of nitrogens with one attached hydrogen (secondary N) is 3. The Bertz CT molecular complexity index is 1490. The summed E-state index contributed by atoms with van der Waals surface area (Å²) >= 11 is 0. The summed E-state index contributed by atoms with van der Waals surface area (Å²) in [5.74, 6) is 0.335. The standard InChI is InChI=1S/C23H22N6O4S/c1-33-22(30)14-8-6-13(7-9-14)15-4-3-5-17(12-15)25-23-26-19(24-16-10-11-16)18-20(27-23)28-29-21(18)34(2,31)32/h3-9,12,16H,10-11H2,1-2H3,(H3,24,25,26,27,28,29). The lowest BCUT2D eigenvalue weighted by Gasteiger charge is -2.11. The van der Waals surface area contributed by atoms with Crippen LogP contribution in [0.4, 0.5) is 17.5 Å². The monoisotopic (exact) mass is 478 g/mol. The highest BCUT2D eigenvalue weighted by molar-refractivity contribution is 7.90. The Labute approximate surface area is 195 Å². The smallest absolute Gasteiger partial charge is 0.337 e. The summed E-state index contributed by atoms with van der Waals surface area (Å²) in [4.78, 5) is 20.6. The van der Waals surface area contributed by atoms with E-state index in [0.717, 1.165) is 35.9 Å². The number of methoxy groups -OCH3 is 1. The van der Waals surface area contributed by atoms with Gasteiger partial charge in [-0.2, -0.15) is 15.1 Å². The first kappa shape index (κ1) is 21.8. The lowest BCUT2D eigenvalue weighted by atomic mass is 10.0. The minimum absolute atomic E-state index is 0.00500. The number of carbonyl (C=O) groups excluding carboxylic acids is 1. The van der Waals surface area contributed by atoms with Gasteiger partial charge in [0.2, 0.25) is 5.95 Å². The van der Waals surface area contributed by atoms with Crippen molar-refractivity contribution in [2.24, 2.45) is 0 Å². The number of esters is 1. The van der Waals surface area contributed by atoms with Gasteiger partial charge in [0.1, 0.15) is 11.2 Å². The normalized spacial score (nSPS) is 13.6. The number of aromatic amines is 1. The number of benzene rings is 2. The second-order valence-electron chi connectivity index (χ2n) is 8.11. The predicted octanol–water partition coefficient (Wildman–Crippen LogP) is 3.53. The molecule has 2 aromatic carbocycles. The SMILES string of the molecule is COC(=O)c1ccc(-c2cccc(Nc3nc(NC4CC4)c4c(S(C)(=O)=O)[nH]nc4n3)c2)cc1. The molecule has 0 unspecified atom stereocenters. The molecule has 0 radical (unpaired) electrons. The van der Waals surface area contributed by atoms with Crippen LogP contribution in [-0.2, 0) is 14.6 Å². The molecule has 0 spiro atoms. The zero-order valence-corrected chi connectivity index (χ0v) is 19.3. The van der Waals surface area contributed by atoms with Crippen molar-refractivity contribution in [3.63, 3.8) is 0 Å². The number of H-pyrrole nitrogens is 1. The van der Waals surface area contributed by atoms with Gasteiger partial charge in [0.15, 0.2) is 20.5 Å². The van der Waals surface area contributed by atoms with Gasteiger partial charge in [-0.3, -0.25) is 5.10 Å². The molecule has 0 saturated heterocycles. The Balaban J connectivity index is 1.47. The number of anilines is 3. The average molecular weight is 479 g/mol. The van der Waals surface area contributed by atoms with Crippen LogP contribution in [-0.4, -0.2) is 54.0 Å². The van der Waals surface area contributed by atoms with Gasteiger partial charge < -0.3 is 15.4 Å². The third-order valence-corrected chi connectivity index (χ3v) is 6.46. The van der Waals surface area contributed by atoms with E-state index in [-0.39, 0.29) is 22.7 Å². The summed E-state index contributed by atoms with van der Waals surface area (Å²) in [6.45, 7) is 0. The lowest BCUT2D eigenvalue weighted by molar-refractivity contribution is 0.0600. The van der Waals surface area contributed by atoms with Crippen molar-refractivity contribution in [3.05, 3.63) is 54.1 Å². The van der Waals surface area contributed by atoms with E-state index in [9.17, 15) is 13.2 Å². The highest BCUT2D eigenvalue weighted by Crippen LogP contribution is 2.32. The second-order valence-corrected chi connectivity index (χ2v) is 10.1. The van der Waals surface area contributed by atoms with Crippen LogP contribution in [0, 0.1) is 0 Å². The first-order chi connectivity index (χ1) is 16.3. The molecule has 3 N–H and O–H groups in total. The Morgan fingerprint density at radius 1 is 1.09 bits per heavy atom. The Kier molecular flexibility index (Phi) is 5.40. The molecule has 0 atom stereocenters. The largest absolute Gasteiger partial charge is 0.465 e. The molecule has 1 saturated carbocycles. The zero-order chi connectivity index (χ0) is 23.9. The molecule has 2 heterocycles. The molecule has 1 aliphatic rings. The number of fused-ring (bicyclic) bond motifs is 1. The van der Waals surface area contributed by atoms with Crippen LogP contribution < -0.4 is 10.6 Å². The third-order valence-electron chi connectivity index (χ3n) is 5.43. The van der Waals surface area contributed by atoms with E-state index in [4.69, 9.17) is 4.74 Å². The molecule has 0 aliphatic heterocycles. The van der Waals surface area contributed by atoms with Crippen LogP contribution in [0.3, 0.4) is 0 Å². The third kappa shape index (κ3) is 4.42. The number of hydrogen-bond donors (Lipinski definition) is 3. The predicted molar refractivity (Wildman–Crippen MR) is 128 cm³/mol. The van der Waals surface area contributed by atoms with E-state index < -0.39 is 9.84 Å². The van der Waals surface area contributed by atoms with Gasteiger partial charge in [-0.25, -0.2) is 13.2 Å². The molecule has 174 valence electrons. The van der Waals surface area contributed by atoms with Crippen molar-refractivity contribution in [2.45, 2.75) is 23.9 Å². The van der Waals surface area contributed by atoms with E-state index >= 15 is 0 Å². The Morgan fingerprint density at radius 2 is 1.85 bits per heavy atom. The van der Waals surface area contributed by atoms with E-state index in [2.05, 4.69) is 30.8 Å². The summed E-state index contributed by atoms with van der Waals surface area (Å²) in [7, 11) is -2.18. The summed E-state index contributed by atoms with van der Waals surface area (Å²) < 4.78 is 29.1. The number of aromatic nitrogens is 4. The molecule has 1 fully saturated rings. The highest BCUT2D eigenvalue weighted by atomic mass is 32.2. The molecule has 5 rings (SSSR count). The molecule has 11 heteroatoms. The number of carbonyl (C=O) groups is 1. The number of hydrogen-bond acceptors (Lipinski definition) is 9. The second kappa shape index (κ2) is 8.41. The molecule has 0 bridgehead atoms. The Morgan fingerprint density at radius 3 is 2.53 bits per heavy atom. The maximum atomic E-state index is 12.2. The molecular weight excluding hydrogens is 456 g/mol. The molecular formula is C23H22N6O4S. The van der Waals surface area contributed by atoms with Gasteiger partial charge in [-0.1, -0.05) is 24.3 Å². The first-order valence-electron chi connectivity index (χ1n) is 10.6. The molecule has 4 aromatic rings. The lowest BCUT2D eigenvalue weighted by Crippen LogP contribution is -2.08. The van der Waals surface area contributed by atoms with Gasteiger partial charge >= 0.3 is 5.97 Å². The fraction of sp³-hybridized carbons (Fsp3) is 0.217. The van der Waals surface area contributed by atoms with E-state index in [1.165, 1.54) is 7.11 Å². The molecule has 10 nitrogen and oxygen atoms in total. The van der Waals surface area contributed by atoms with Gasteiger partial charge in [-0.05, 0) is 48.2 Å². The summed E-state index contributed by atoms with van der Waals surface area (Å²) in [5, 5.41) is 13.5. The molecule has 34 heavy (non-hydrogen) atoms. The highest BCUT2D eigenvalue weighted by Gasteiger charge is 2.27. The van der Waals surface area contributed by atoms with Crippen LogP contribution in [0.2, 0.25) is 0 Å². The summed E-state index contributed by atoms with van der Waals surface area (Å²) in [6, 6.07) is 15.0. The molecule has 2 aromatic heterocycles. The number of nitrogens with zero attached hydrogens (tertiary/aromatic N) is 3. The van der Waals surface area contributed by atoms with Crippen molar-refractivity contribution in [1.82, 2.24) is 20.2 Å². The average Bonchev–Trinajstić information content (AvgIpc) is 3.52. The zero-order valence-electron chi connectivity index (χ0n) is 18.5. The minimum Gasteiger partial charge on any atom is -0.465 e. The summed E-state index contributed by atoms with van der Waals surface area (Å²) in [6.07, 6.45) is 3.12. The van der Waals surface area contributed by atoms with Crippen LogP contribution >= 0.6 is 0 Å². The Hall–Kier alpha value is -3.99. The van der Waals surface area contributed by atoms with Gasteiger partial charge in [0, 0.05) is 18.0 Å². The number of ether oxygens (including phenoxy) is 1. The van der Waals surface area contributed by atoms with Crippen LogP contribution in [0.15, 0.2) is 53.6 Å². The van der Waals surface area contributed by atoms with E-state index in [1.807, 2.05) is 36.4 Å². The maximum absolute atomic E-state index is 12.2. The fourth-order valence-electron chi connectivity index (χ4n) is 3.57. The van der Waals surface area contributed by atoms with Crippen LogP contribution in [0.1, 0.15) is 23.2 Å². The maximum Gasteiger partial charge on any atom is 0.337 e. The first-order valence-corrected chi connectivity index (χ1v) is 12.5. The van der Waals surface area contributed by atoms with Crippen molar-refractivity contribution in [1.29, 1.82) is 0 Å². The fourth-order valence-corrected chi connectivity index (χ4v) is 4.34. The minimum atomic E-state index is -3.53. The van der Waals surface area contributed by atoms with Crippen molar-refractivity contribution < 1.29 is 17.9 Å². The van der Waals surface area contributed by atoms with E-state index in [0.29, 0.717) is 22.7 Å². The van der Waals surface area contributed by atoms with E-state index in [1.54, 1.807) is 12.1 Å². The molecule has 1 aliphatic carbocycles. The van der Waals surface area contributed by atoms with Gasteiger partial charge in [-0.15, -0.1) is 0 Å². The van der Waals surface area contributed by atoms with Gasteiger partial charge in [0.25, 0.3) is 0 Å². The molecule has 0 amide bonds. The van der Waals surface area contributed by atoms with Crippen LogP contribution in [0.5, 0.6) is 0 Å². The van der Waals surface area contributed by atoms with Crippen molar-refractivity contribution >= 4 is 44.3 Å². The van der Waals surface area contributed by atoms with Crippen molar-refractivity contribution in [2.75, 3.05) is 24.0 Å². The van der Waals surface area contributed by atoms with Crippen molar-refractivity contribution in [3.8, 4) is 11.1 Å². The van der Waals surface area contributed by atoms with Gasteiger partial charge in [0.05, 0.1) is 12.7 Å². The van der Waals surface area contributed by atoms with Crippen LogP contribution in [0.25, 0.3) is 22.2 Å².